The van der Waals surface area contributed by atoms with Gasteiger partial charge in [0.2, 0.25) is 0 Å². The first-order valence-corrected chi connectivity index (χ1v) is 3.39. The van der Waals surface area contributed by atoms with E-state index in [4.69, 9.17) is 0 Å². The topological polar surface area (TPSA) is 0 Å². The second kappa shape index (κ2) is 6.19. The predicted molar refractivity (Wildman–Crippen MR) is 44.7 cm³/mol. The molecule has 1 heteroatoms. The van der Waals surface area contributed by atoms with Crippen molar-refractivity contribution in [3.05, 3.63) is 0 Å². The average molecular weight is 125 g/mol. The van der Waals surface area contributed by atoms with E-state index in [1.54, 1.807) is 0 Å². The summed E-state index contributed by atoms with van der Waals surface area (Å²) in [5.74, 6) is 1.04. The van der Waals surface area contributed by atoms with Crippen molar-refractivity contribution in [1.29, 1.82) is 0 Å². The zero-order chi connectivity index (χ0) is 5.11. The lowest BCUT2D eigenvalue weighted by Gasteiger charge is -2.15. The highest BCUT2D eigenvalue weighted by Crippen LogP contribution is 2.21. The maximum atomic E-state index is 2.36. The lowest BCUT2D eigenvalue weighted by atomic mass is 9.91. The maximum absolute atomic E-state index is 2.36. The van der Waals surface area contributed by atoms with E-state index in [2.05, 4.69) is 6.92 Å². The van der Waals surface area contributed by atoms with Crippen molar-refractivity contribution in [2.45, 2.75) is 46.5 Å². The first-order chi connectivity index (χ1) is 3.39. The molecular weight excluding hydrogens is 107 g/mol. The fraction of sp³-hybridized carbons (Fsp3) is 1.00. The minimum atomic E-state index is 0. The fourth-order valence-corrected chi connectivity index (χ4v) is 1.31. The third kappa shape index (κ3) is 4.56. The van der Waals surface area contributed by atoms with E-state index in [0.717, 1.165) is 5.92 Å². The normalized spacial score (nSPS) is 19.7. The molecule has 1 saturated carbocycles. The van der Waals surface area contributed by atoms with Crippen LogP contribution in [0.15, 0.2) is 0 Å². The molecule has 0 aromatic heterocycles. The Kier molecular flexibility index (Phi) is 8.12. The molecule has 0 atom stereocenters. The minimum absolute atomic E-state index is 0. The molecule has 1 fully saturated rings. The highest BCUT2D eigenvalue weighted by Gasteiger charge is 2.05. The van der Waals surface area contributed by atoms with Gasteiger partial charge in [-0.05, 0) is 5.92 Å². The highest BCUT2D eigenvalue weighted by atomic mass is 14.1. The summed E-state index contributed by atoms with van der Waals surface area (Å²) < 4.78 is 0. The van der Waals surface area contributed by atoms with Gasteiger partial charge in [-0.25, -0.2) is 0 Å². The van der Waals surface area contributed by atoms with E-state index in [0.29, 0.717) is 0 Å². The van der Waals surface area contributed by atoms with Gasteiger partial charge in [0.15, 0.2) is 0 Å². The maximum Gasteiger partial charge on any atom is 0 e. The summed E-state index contributed by atoms with van der Waals surface area (Å²) in [6.07, 6.45) is 7.44. The second-order valence-corrected chi connectivity index (χ2v) is 2.74. The van der Waals surface area contributed by atoms with Crippen LogP contribution in [0.5, 0.6) is 0 Å². The fourth-order valence-electron chi connectivity index (χ4n) is 1.31. The average Bonchev–Trinajstić information content (AvgIpc) is 1.69. The van der Waals surface area contributed by atoms with Gasteiger partial charge >= 0.3 is 0 Å². The van der Waals surface area contributed by atoms with Crippen molar-refractivity contribution in [3.8, 4) is 0 Å². The van der Waals surface area contributed by atoms with E-state index >= 15 is 0 Å². The van der Waals surface area contributed by atoms with Crippen LogP contribution in [-0.2, 0) is 0 Å². The van der Waals surface area contributed by atoms with Crippen LogP contribution in [-0.4, -0.2) is 8.41 Å². The van der Waals surface area contributed by atoms with Crippen LogP contribution in [0.2, 0.25) is 0 Å². The van der Waals surface area contributed by atoms with Gasteiger partial charge in [-0.2, -0.15) is 0 Å². The Bertz CT molecular complexity index is 46.5. The summed E-state index contributed by atoms with van der Waals surface area (Å²) in [5, 5.41) is 0. The molecule has 0 nitrogen and oxygen atoms in total. The molecule has 0 aromatic carbocycles. The molecule has 1 aliphatic rings. The van der Waals surface area contributed by atoms with Crippen molar-refractivity contribution in [2.75, 3.05) is 0 Å². The van der Waals surface area contributed by atoms with Crippen LogP contribution >= 0.6 is 0 Å². The van der Waals surface area contributed by atoms with Crippen LogP contribution < -0.4 is 0 Å². The molecule has 1 aliphatic carbocycles. The largest absolute Gasteiger partial charge is 0.0776 e. The zero-order valence-electron chi connectivity index (χ0n) is 5.69. The molecular formula is C8H18B. The lowest BCUT2D eigenvalue weighted by molar-refractivity contribution is 0.385. The second-order valence-electron chi connectivity index (χ2n) is 2.74. The van der Waals surface area contributed by atoms with Gasteiger partial charge < -0.3 is 0 Å². The molecule has 0 spiro atoms. The Morgan fingerprint density at radius 3 is 1.67 bits per heavy atom. The van der Waals surface area contributed by atoms with Gasteiger partial charge in [0.05, 0.1) is 0 Å². The summed E-state index contributed by atoms with van der Waals surface area (Å²) in [6.45, 7) is 2.36. The molecule has 0 saturated heterocycles. The van der Waals surface area contributed by atoms with Gasteiger partial charge in [-0.1, -0.05) is 46.5 Å². The third-order valence-corrected chi connectivity index (χ3v) is 1.89. The van der Waals surface area contributed by atoms with Crippen LogP contribution in [0, 0.1) is 5.92 Å². The summed E-state index contributed by atoms with van der Waals surface area (Å²) in [5.41, 5.74) is 0. The van der Waals surface area contributed by atoms with Crippen LogP contribution in [0.1, 0.15) is 46.5 Å². The van der Waals surface area contributed by atoms with Gasteiger partial charge in [0.25, 0.3) is 0 Å². The molecule has 0 unspecified atom stereocenters. The van der Waals surface area contributed by atoms with E-state index in [1.165, 1.54) is 32.1 Å². The van der Waals surface area contributed by atoms with Crippen molar-refractivity contribution in [3.63, 3.8) is 0 Å². The van der Waals surface area contributed by atoms with Crippen molar-refractivity contribution in [1.82, 2.24) is 0 Å². The summed E-state index contributed by atoms with van der Waals surface area (Å²) in [6, 6.07) is 0. The lowest BCUT2D eigenvalue weighted by Crippen LogP contribution is -1.99. The van der Waals surface area contributed by atoms with Crippen molar-refractivity contribution in [2.24, 2.45) is 5.92 Å². The van der Waals surface area contributed by atoms with E-state index < -0.39 is 0 Å². The predicted octanol–water partition coefficient (Wildman–Crippen LogP) is 2.84. The van der Waals surface area contributed by atoms with Gasteiger partial charge in [0, 0.05) is 8.41 Å². The number of hydrogen-bond acceptors (Lipinski definition) is 0. The third-order valence-electron chi connectivity index (χ3n) is 1.89. The molecule has 53 valence electrons. The molecule has 0 aromatic rings. The molecule has 0 bridgehead atoms. The minimum Gasteiger partial charge on any atom is -0.0776 e. The Balaban J connectivity index is 0. The Morgan fingerprint density at radius 1 is 1.00 bits per heavy atom. The summed E-state index contributed by atoms with van der Waals surface area (Å²) in [4.78, 5) is 0. The molecule has 0 heterocycles. The first-order valence-electron chi connectivity index (χ1n) is 3.39. The van der Waals surface area contributed by atoms with Gasteiger partial charge in [-0.15, -0.1) is 0 Å². The standard InChI is InChI=1S/C7H14.CH4.B/c1-7-5-3-2-4-6-7;;/h7H,2-6H2,1H3;1H4;. The van der Waals surface area contributed by atoms with E-state index in [1.807, 2.05) is 0 Å². The SMILES string of the molecule is C.CC1CCCCC1.[B]. The van der Waals surface area contributed by atoms with Crippen LogP contribution in [0.3, 0.4) is 0 Å². The van der Waals surface area contributed by atoms with Crippen LogP contribution in [0.25, 0.3) is 0 Å². The Labute approximate surface area is 61.6 Å². The highest BCUT2D eigenvalue weighted by molar-refractivity contribution is 5.75. The first kappa shape index (κ1) is 11.8. The van der Waals surface area contributed by atoms with Crippen LogP contribution in [0.4, 0.5) is 0 Å². The Morgan fingerprint density at radius 2 is 1.44 bits per heavy atom. The number of rotatable bonds is 0. The molecule has 0 N–H and O–H groups in total. The van der Waals surface area contributed by atoms with Gasteiger partial charge in [-0.3, -0.25) is 0 Å². The smallest absolute Gasteiger partial charge is 0 e. The molecule has 3 radical (unpaired) electrons. The van der Waals surface area contributed by atoms with E-state index in [9.17, 15) is 0 Å². The summed E-state index contributed by atoms with van der Waals surface area (Å²) in [7, 11) is 0. The number of hydrogen-bond donors (Lipinski definition) is 0. The summed E-state index contributed by atoms with van der Waals surface area (Å²) >= 11 is 0. The molecule has 0 aliphatic heterocycles. The Hall–Kier alpha value is 0.0649. The molecule has 1 rings (SSSR count). The van der Waals surface area contributed by atoms with E-state index in [-0.39, 0.29) is 15.8 Å². The molecule has 9 heavy (non-hydrogen) atoms. The van der Waals surface area contributed by atoms with Crippen molar-refractivity contribution < 1.29 is 0 Å². The van der Waals surface area contributed by atoms with Gasteiger partial charge in [0.1, 0.15) is 0 Å². The monoisotopic (exact) mass is 125 g/mol. The molecule has 0 amide bonds. The van der Waals surface area contributed by atoms with Crippen molar-refractivity contribution >= 4 is 8.41 Å². The zero-order valence-corrected chi connectivity index (χ0v) is 5.69. The quantitative estimate of drug-likeness (QED) is 0.436.